The maximum absolute atomic E-state index is 5.48. The van der Waals surface area contributed by atoms with Crippen LogP contribution < -0.4 is 0 Å². The molecule has 0 N–H and O–H groups in total. The first-order chi connectivity index (χ1) is 9.20. The molecule has 20 heavy (non-hydrogen) atoms. The minimum atomic E-state index is -1.90. The molecule has 0 fully saturated rings. The van der Waals surface area contributed by atoms with Gasteiger partial charge in [0.1, 0.15) is 0 Å². The molecule has 13 heteroatoms. The smallest absolute Gasteiger partial charge is 0.435 e. The van der Waals surface area contributed by atoms with Crippen LogP contribution in [0.5, 0.6) is 0 Å². The minimum absolute atomic E-state index is 0.0759. The molecule has 0 saturated carbocycles. The van der Waals surface area contributed by atoms with Gasteiger partial charge in [0.05, 0.1) is 4.93 Å². The molecule has 0 rings (SSSR count). The number of hydrogen-bond donors (Lipinski definition) is 1. The van der Waals surface area contributed by atoms with Crippen molar-refractivity contribution in [2.75, 3.05) is 0 Å². The standard InChI is InChI=1S/C7H19O6SSi6/c1-7(2,14)8-15-11-20(12-16-9-18(3)4)13-17-10-19(5)6/h14H,1-6H3. The van der Waals surface area contributed by atoms with E-state index in [4.69, 9.17) is 25.0 Å². The van der Waals surface area contributed by atoms with Gasteiger partial charge in [-0.25, -0.2) is 0 Å². The lowest BCUT2D eigenvalue weighted by atomic mass is 10.5. The SMILES string of the molecule is C[Si](C)O[Si]O[Si](O[Si]O[Si](C)C)O[Si]OC(C)(C)S. The van der Waals surface area contributed by atoms with E-state index in [9.17, 15) is 0 Å². The van der Waals surface area contributed by atoms with Gasteiger partial charge in [-0.1, -0.05) is 0 Å². The van der Waals surface area contributed by atoms with E-state index in [-0.39, 0.29) is 30.0 Å². The fourth-order valence-electron chi connectivity index (χ4n) is 0.496. The third-order valence-electron chi connectivity index (χ3n) is 1.16. The van der Waals surface area contributed by atoms with Gasteiger partial charge in [0.25, 0.3) is 0 Å². The van der Waals surface area contributed by atoms with Gasteiger partial charge >= 0.3 is 39.5 Å². The van der Waals surface area contributed by atoms with E-state index in [0.29, 0.717) is 0 Å². The van der Waals surface area contributed by atoms with Crippen LogP contribution in [0.2, 0.25) is 26.2 Å². The number of thiol groups is 1. The average Bonchev–Trinajstić information content (AvgIpc) is 2.25. The highest BCUT2D eigenvalue weighted by Gasteiger charge is 2.24. The van der Waals surface area contributed by atoms with E-state index in [2.05, 4.69) is 12.6 Å². The zero-order valence-electron chi connectivity index (χ0n) is 12.4. The Morgan fingerprint density at radius 2 is 1.15 bits per heavy atom. The Labute approximate surface area is 140 Å². The lowest BCUT2D eigenvalue weighted by Crippen LogP contribution is -2.36. The van der Waals surface area contributed by atoms with Crippen molar-refractivity contribution in [3.8, 4) is 0 Å². The molecule has 0 unspecified atom stereocenters. The normalized spacial score (nSPS) is 12.9. The van der Waals surface area contributed by atoms with Gasteiger partial charge in [0.15, 0.2) is 18.1 Å². The van der Waals surface area contributed by atoms with Crippen molar-refractivity contribution >= 4 is 70.3 Å². The van der Waals surface area contributed by atoms with Crippen molar-refractivity contribution in [2.24, 2.45) is 0 Å². The molecule has 0 aromatic carbocycles. The lowest BCUT2D eigenvalue weighted by Gasteiger charge is -2.19. The summed E-state index contributed by atoms with van der Waals surface area (Å²) in [6, 6.07) is 0. The molecule has 0 aliphatic carbocycles. The second kappa shape index (κ2) is 11.9. The van der Waals surface area contributed by atoms with Crippen LogP contribution >= 0.6 is 12.6 Å². The predicted molar refractivity (Wildman–Crippen MR) is 87.6 cm³/mol. The topological polar surface area (TPSA) is 55.4 Å². The maximum atomic E-state index is 5.48. The van der Waals surface area contributed by atoms with Crippen molar-refractivity contribution in [2.45, 2.75) is 45.0 Å². The van der Waals surface area contributed by atoms with E-state index in [1.54, 1.807) is 0 Å². The highest BCUT2D eigenvalue weighted by Crippen LogP contribution is 2.12. The van der Waals surface area contributed by atoms with E-state index < -0.39 is 32.5 Å². The third kappa shape index (κ3) is 15.8. The van der Waals surface area contributed by atoms with Crippen LogP contribution in [0.25, 0.3) is 0 Å². The first-order valence-corrected chi connectivity index (χ1v) is 14.6. The average molecular weight is 400 g/mol. The van der Waals surface area contributed by atoms with Gasteiger partial charge in [-0.2, -0.15) is 0 Å². The highest BCUT2D eigenvalue weighted by atomic mass is 32.1. The second-order valence-electron chi connectivity index (χ2n) is 4.38. The van der Waals surface area contributed by atoms with Crippen LogP contribution in [0.4, 0.5) is 0 Å². The molecule has 9 radical (unpaired) electrons. The Morgan fingerprint density at radius 1 is 0.750 bits per heavy atom. The van der Waals surface area contributed by atoms with Crippen LogP contribution in [0.15, 0.2) is 0 Å². The summed E-state index contributed by atoms with van der Waals surface area (Å²) < 4.78 is 32.7. The fraction of sp³-hybridized carbons (Fsp3) is 1.00. The van der Waals surface area contributed by atoms with Crippen LogP contribution in [0, 0.1) is 0 Å². The summed E-state index contributed by atoms with van der Waals surface area (Å²) in [5.41, 5.74) is 0. The summed E-state index contributed by atoms with van der Waals surface area (Å²) in [5.74, 6) is 0. The maximum Gasteiger partial charge on any atom is 0.548 e. The molecule has 6 nitrogen and oxygen atoms in total. The summed E-state index contributed by atoms with van der Waals surface area (Å²) in [5, 5.41) is 0. The summed E-state index contributed by atoms with van der Waals surface area (Å²) in [4.78, 5) is -0.547. The Morgan fingerprint density at radius 3 is 1.50 bits per heavy atom. The second-order valence-corrected chi connectivity index (χ2v) is 14.4. The van der Waals surface area contributed by atoms with Crippen molar-refractivity contribution in [3.63, 3.8) is 0 Å². The molecule has 0 aliphatic rings. The molecular weight excluding hydrogens is 381 g/mol. The van der Waals surface area contributed by atoms with Crippen LogP contribution in [0.3, 0.4) is 0 Å². The first kappa shape index (κ1) is 21.4. The Balaban J connectivity index is 3.97. The fourth-order valence-corrected chi connectivity index (χ4v) is 5.84. The van der Waals surface area contributed by atoms with Gasteiger partial charge in [0, 0.05) is 0 Å². The predicted octanol–water partition coefficient (Wildman–Crippen LogP) is 0.842. The Bertz CT molecular complexity index is 228. The van der Waals surface area contributed by atoms with Gasteiger partial charge in [-0.15, -0.1) is 12.6 Å². The van der Waals surface area contributed by atoms with Gasteiger partial charge < -0.3 is 25.0 Å². The van der Waals surface area contributed by atoms with E-state index >= 15 is 0 Å². The molecular formula is C7H19O6SSi6. The molecule has 0 aromatic heterocycles. The quantitative estimate of drug-likeness (QED) is 0.298. The molecule has 0 amide bonds. The van der Waals surface area contributed by atoms with Crippen LogP contribution in [-0.2, 0) is 25.0 Å². The summed E-state index contributed by atoms with van der Waals surface area (Å²) in [7, 11) is -3.80. The Kier molecular flexibility index (Phi) is 12.8. The number of hydrogen-bond acceptors (Lipinski definition) is 7. The largest absolute Gasteiger partial charge is 0.548 e. The van der Waals surface area contributed by atoms with E-state index in [1.807, 2.05) is 40.0 Å². The first-order valence-electron chi connectivity index (χ1n) is 5.67. The number of rotatable bonds is 12. The van der Waals surface area contributed by atoms with Crippen molar-refractivity contribution in [1.82, 2.24) is 0 Å². The molecule has 0 saturated heterocycles. The summed E-state index contributed by atoms with van der Waals surface area (Å²) >= 11 is 4.25. The molecule has 0 atom stereocenters. The zero-order chi connectivity index (χ0) is 15.6. The molecule has 0 heterocycles. The summed E-state index contributed by atoms with van der Waals surface area (Å²) in [6.07, 6.45) is 0. The summed E-state index contributed by atoms with van der Waals surface area (Å²) in [6.45, 7) is 11.8. The van der Waals surface area contributed by atoms with Gasteiger partial charge in [-0.05, 0) is 40.0 Å². The molecule has 0 bridgehead atoms. The van der Waals surface area contributed by atoms with Crippen molar-refractivity contribution < 1.29 is 25.0 Å². The molecule has 0 aromatic rings. The third-order valence-corrected chi connectivity index (χ3v) is 8.95. The Hall–Kier alpha value is 1.41. The van der Waals surface area contributed by atoms with Crippen molar-refractivity contribution in [1.29, 1.82) is 0 Å². The van der Waals surface area contributed by atoms with E-state index in [0.717, 1.165) is 0 Å². The molecule has 0 spiro atoms. The molecule has 0 aliphatic heterocycles. The van der Waals surface area contributed by atoms with Gasteiger partial charge in [-0.3, -0.25) is 0 Å². The minimum Gasteiger partial charge on any atom is -0.435 e. The lowest BCUT2D eigenvalue weighted by molar-refractivity contribution is 0.176. The van der Waals surface area contributed by atoms with E-state index in [1.165, 1.54) is 0 Å². The van der Waals surface area contributed by atoms with Gasteiger partial charge in [0.2, 0.25) is 0 Å². The molecule has 113 valence electrons. The zero-order valence-corrected chi connectivity index (χ0v) is 19.3. The van der Waals surface area contributed by atoms with Crippen LogP contribution in [-0.4, -0.2) is 62.6 Å². The van der Waals surface area contributed by atoms with Crippen LogP contribution in [0.1, 0.15) is 13.8 Å². The highest BCUT2D eigenvalue weighted by molar-refractivity contribution is 7.81. The van der Waals surface area contributed by atoms with Crippen molar-refractivity contribution in [3.05, 3.63) is 0 Å². The monoisotopic (exact) mass is 399 g/mol.